The molecule has 2 aliphatic rings. The molecule has 0 saturated carbocycles. The number of carbonyl (C=O) groups excluding carboxylic acids is 3. The smallest absolute Gasteiger partial charge is 0.327 e. The largest absolute Gasteiger partial charge is 0.480 e. The fraction of sp³-hybridized carbons (Fsp3) is 0.400. The van der Waals surface area contributed by atoms with Crippen LogP contribution in [0.5, 0.6) is 0 Å². The van der Waals surface area contributed by atoms with E-state index >= 15 is 0 Å². The third-order valence-corrected chi connectivity index (χ3v) is 6.88. The molecule has 8 heteroatoms. The van der Waals surface area contributed by atoms with Crippen LogP contribution in [0.2, 0.25) is 0 Å². The number of carboxylic acid groups (broad SMARTS) is 1. The topological polar surface area (TPSA) is 104 Å². The minimum atomic E-state index is -1.75. The summed E-state index contributed by atoms with van der Waals surface area (Å²) in [5.41, 5.74) is -0.448. The van der Waals surface area contributed by atoms with Gasteiger partial charge in [0, 0.05) is 10.3 Å². The Bertz CT molecular complexity index is 879. The number of carboxylic acids is 1. The first-order valence-electron chi connectivity index (χ1n) is 8.83. The van der Waals surface area contributed by atoms with Crippen molar-refractivity contribution in [3.8, 4) is 0 Å². The highest BCUT2D eigenvalue weighted by atomic mass is 32.2. The zero-order valence-electron chi connectivity index (χ0n) is 15.9. The molecule has 2 saturated heterocycles. The Hall–Kier alpha value is -2.61. The molecule has 2 N–H and O–H groups in total. The molecule has 28 heavy (non-hydrogen) atoms. The molecule has 1 aromatic rings. The molecular weight excluding hydrogens is 380 g/mol. The molecule has 1 unspecified atom stereocenters. The number of aliphatic carboxylic acids is 1. The summed E-state index contributed by atoms with van der Waals surface area (Å²) in [4.78, 5) is 51.0. The van der Waals surface area contributed by atoms with Gasteiger partial charge in [0.2, 0.25) is 5.54 Å². The van der Waals surface area contributed by atoms with Crippen LogP contribution >= 0.6 is 11.8 Å². The molecular formula is C20H22N2O5S. The Kier molecular flexibility index (Phi) is 4.87. The number of ketones is 1. The first-order chi connectivity index (χ1) is 13.1. The first kappa shape index (κ1) is 20.1. The number of amides is 2. The minimum Gasteiger partial charge on any atom is -0.480 e. The molecule has 0 aliphatic carbocycles. The van der Waals surface area contributed by atoms with Gasteiger partial charge in [-0.3, -0.25) is 14.4 Å². The van der Waals surface area contributed by atoms with E-state index in [-0.39, 0.29) is 0 Å². The Labute approximate surface area is 167 Å². The molecule has 1 aromatic carbocycles. The van der Waals surface area contributed by atoms with Gasteiger partial charge in [-0.2, -0.15) is 0 Å². The molecule has 7 nitrogen and oxygen atoms in total. The van der Waals surface area contributed by atoms with Crippen LogP contribution in [0.25, 0.3) is 0 Å². The van der Waals surface area contributed by atoms with Crippen LogP contribution in [0.4, 0.5) is 0 Å². The van der Waals surface area contributed by atoms with Crippen molar-refractivity contribution >= 4 is 35.3 Å². The van der Waals surface area contributed by atoms with Gasteiger partial charge in [-0.25, -0.2) is 4.79 Å². The van der Waals surface area contributed by atoms with Gasteiger partial charge in [-0.15, -0.1) is 18.3 Å². The number of allylic oxidation sites excluding steroid dienone is 1. The van der Waals surface area contributed by atoms with Gasteiger partial charge >= 0.3 is 5.97 Å². The van der Waals surface area contributed by atoms with Crippen molar-refractivity contribution in [3.05, 3.63) is 48.0 Å². The van der Waals surface area contributed by atoms with E-state index in [4.69, 9.17) is 0 Å². The lowest BCUT2D eigenvalue weighted by Gasteiger charge is -2.51. The summed E-state index contributed by atoms with van der Waals surface area (Å²) >= 11 is 1.22. The summed E-state index contributed by atoms with van der Waals surface area (Å²) < 4.78 is -0.791. The van der Waals surface area contributed by atoms with E-state index in [1.807, 2.05) is 0 Å². The van der Waals surface area contributed by atoms with Crippen molar-refractivity contribution in [2.45, 2.75) is 48.9 Å². The number of β-lactam (4-membered cyclic amide) rings is 1. The maximum absolute atomic E-state index is 12.9. The quantitative estimate of drug-likeness (QED) is 0.426. The fourth-order valence-electron chi connectivity index (χ4n) is 3.80. The van der Waals surface area contributed by atoms with Gasteiger partial charge in [-0.1, -0.05) is 18.2 Å². The Morgan fingerprint density at radius 3 is 2.39 bits per heavy atom. The molecule has 0 bridgehead atoms. The zero-order chi connectivity index (χ0) is 20.9. The lowest BCUT2D eigenvalue weighted by Crippen LogP contribution is -2.82. The van der Waals surface area contributed by atoms with Crippen LogP contribution in [-0.4, -0.2) is 55.3 Å². The summed E-state index contributed by atoms with van der Waals surface area (Å²) in [6.07, 6.45) is 2.41. The normalized spacial score (nSPS) is 27.5. The van der Waals surface area contributed by atoms with Gasteiger partial charge in [0.05, 0.1) is 0 Å². The maximum Gasteiger partial charge on any atom is 0.327 e. The molecule has 2 heterocycles. The van der Waals surface area contributed by atoms with Crippen molar-refractivity contribution in [1.82, 2.24) is 10.2 Å². The lowest BCUT2D eigenvalue weighted by atomic mass is 9.81. The first-order valence-corrected chi connectivity index (χ1v) is 9.71. The molecule has 0 aromatic heterocycles. The van der Waals surface area contributed by atoms with Crippen molar-refractivity contribution in [2.75, 3.05) is 0 Å². The van der Waals surface area contributed by atoms with Crippen molar-refractivity contribution in [3.63, 3.8) is 0 Å². The molecule has 0 spiro atoms. The number of fused-ring (bicyclic) bond motifs is 1. The second-order valence-corrected chi connectivity index (χ2v) is 9.27. The Morgan fingerprint density at radius 1 is 1.29 bits per heavy atom. The lowest BCUT2D eigenvalue weighted by molar-refractivity contribution is -0.170. The summed E-state index contributed by atoms with van der Waals surface area (Å²) in [5, 5.41) is 11.4. The summed E-state index contributed by atoms with van der Waals surface area (Å²) in [6.45, 7) is 8.34. The van der Waals surface area contributed by atoms with E-state index in [0.717, 1.165) is 5.56 Å². The second-order valence-electron chi connectivity index (χ2n) is 7.53. The number of rotatable bonds is 6. The Balaban J connectivity index is 1.89. The highest BCUT2D eigenvalue weighted by molar-refractivity contribution is 8.01. The van der Waals surface area contributed by atoms with Crippen molar-refractivity contribution in [2.24, 2.45) is 0 Å². The highest BCUT2D eigenvalue weighted by Gasteiger charge is 2.74. The molecule has 148 valence electrons. The summed E-state index contributed by atoms with van der Waals surface area (Å²) in [7, 11) is 0. The van der Waals surface area contributed by atoms with Gasteiger partial charge in [0.1, 0.15) is 11.4 Å². The zero-order valence-corrected chi connectivity index (χ0v) is 16.7. The maximum atomic E-state index is 12.9. The van der Waals surface area contributed by atoms with E-state index in [2.05, 4.69) is 11.9 Å². The second kappa shape index (κ2) is 6.77. The highest BCUT2D eigenvalue weighted by Crippen LogP contribution is 2.55. The number of Topliss-reactive ketones (excluding diaryl/α,β-unsaturated/α-hetero) is 1. The molecule has 2 fully saturated rings. The average Bonchev–Trinajstić information content (AvgIpc) is 2.88. The predicted octanol–water partition coefficient (Wildman–Crippen LogP) is 1.62. The molecule has 2 amide bonds. The van der Waals surface area contributed by atoms with Crippen LogP contribution in [0, 0.1) is 0 Å². The molecule has 3 rings (SSSR count). The van der Waals surface area contributed by atoms with E-state index in [0.29, 0.717) is 12.0 Å². The van der Waals surface area contributed by atoms with Crippen LogP contribution in [-0.2, 0) is 20.8 Å². The molecule has 2 aliphatic heterocycles. The number of thioether (sulfide) groups is 1. The third kappa shape index (κ3) is 2.83. The van der Waals surface area contributed by atoms with Gasteiger partial charge in [0.25, 0.3) is 11.8 Å². The number of hydrogen-bond acceptors (Lipinski definition) is 5. The number of benzene rings is 1. The SMILES string of the molecule is C=CCc1ccc(C(=O)NC2(C(C)=O)C(=O)N3[C@@H](C(=O)O)C(C)(C)S[C@@H]32)cc1. The van der Waals surface area contributed by atoms with Gasteiger partial charge < -0.3 is 15.3 Å². The monoisotopic (exact) mass is 402 g/mol. The van der Waals surface area contributed by atoms with Crippen LogP contribution < -0.4 is 5.32 Å². The third-order valence-electron chi connectivity index (χ3n) is 5.24. The molecule has 0 radical (unpaired) electrons. The number of nitrogens with zero attached hydrogens (tertiary/aromatic N) is 1. The van der Waals surface area contributed by atoms with Crippen LogP contribution in [0.1, 0.15) is 36.7 Å². The van der Waals surface area contributed by atoms with Crippen LogP contribution in [0.15, 0.2) is 36.9 Å². The van der Waals surface area contributed by atoms with Gasteiger partial charge in [-0.05, 0) is 44.9 Å². The van der Waals surface area contributed by atoms with E-state index < -0.39 is 45.3 Å². The van der Waals surface area contributed by atoms with E-state index in [9.17, 15) is 24.3 Å². The van der Waals surface area contributed by atoms with Crippen molar-refractivity contribution in [1.29, 1.82) is 0 Å². The number of hydrogen-bond donors (Lipinski definition) is 2. The van der Waals surface area contributed by atoms with E-state index in [1.165, 1.54) is 23.6 Å². The summed E-state index contributed by atoms with van der Waals surface area (Å²) in [6, 6.07) is 5.74. The predicted molar refractivity (Wildman–Crippen MR) is 105 cm³/mol. The average molecular weight is 402 g/mol. The minimum absolute atomic E-state index is 0.316. The van der Waals surface area contributed by atoms with Gasteiger partial charge in [0.15, 0.2) is 5.78 Å². The van der Waals surface area contributed by atoms with E-state index in [1.54, 1.807) is 44.2 Å². The van der Waals surface area contributed by atoms with Crippen LogP contribution in [0.3, 0.4) is 0 Å². The summed E-state index contributed by atoms with van der Waals surface area (Å²) in [5.74, 6) is -2.86. The number of carbonyl (C=O) groups is 4. The number of nitrogens with one attached hydrogen (secondary N) is 1. The molecule has 3 atom stereocenters. The fourth-order valence-corrected chi connectivity index (χ4v) is 5.55. The Morgan fingerprint density at radius 2 is 1.89 bits per heavy atom. The van der Waals surface area contributed by atoms with Crippen molar-refractivity contribution < 1.29 is 24.3 Å². The standard InChI is InChI=1S/C20H22N2O5S/c1-5-6-12-7-9-13(10-8-12)15(24)21-20(11(2)23)17(27)22-14(16(25)26)19(3,4)28-18(20)22/h5,7-10,14,18H,1,6H2,2-4H3,(H,21,24)(H,25,26)/t14-,18+,20?/m0/s1.